The Labute approximate surface area is 134 Å². The van der Waals surface area contributed by atoms with Crippen LogP contribution in [0.4, 0.5) is 4.79 Å². The van der Waals surface area contributed by atoms with Gasteiger partial charge in [-0.3, -0.25) is 4.79 Å². The highest BCUT2D eigenvalue weighted by atomic mass is 16.6. The molecule has 2 saturated heterocycles. The van der Waals surface area contributed by atoms with Gasteiger partial charge in [0.05, 0.1) is 26.2 Å². The summed E-state index contributed by atoms with van der Waals surface area (Å²) in [5, 5.41) is 0. The maximum absolute atomic E-state index is 12.5. The quantitative estimate of drug-likeness (QED) is 0.757. The van der Waals surface area contributed by atoms with E-state index in [0.29, 0.717) is 44.2 Å². The lowest BCUT2D eigenvalue weighted by molar-refractivity contribution is -0.0581. The standard InChI is InChI=1S/C16H20N2O5/c1-17-9-16(23-15(17)20)10-18(11-16)14(19)12-4-3-5-13(8-12)22-7-6-21-2/h3-5,8H,6-7,9-11H2,1-2H3. The second-order valence-corrected chi connectivity index (χ2v) is 5.94. The van der Waals surface area contributed by atoms with E-state index in [0.717, 1.165) is 0 Å². The highest BCUT2D eigenvalue weighted by Crippen LogP contribution is 2.32. The van der Waals surface area contributed by atoms with Crippen molar-refractivity contribution in [2.75, 3.05) is 47.0 Å². The van der Waals surface area contributed by atoms with Crippen LogP contribution in [-0.2, 0) is 9.47 Å². The van der Waals surface area contributed by atoms with Gasteiger partial charge in [0.25, 0.3) is 5.91 Å². The minimum absolute atomic E-state index is 0.0848. The van der Waals surface area contributed by atoms with Crippen molar-refractivity contribution >= 4 is 12.0 Å². The van der Waals surface area contributed by atoms with E-state index < -0.39 is 5.60 Å². The van der Waals surface area contributed by atoms with Crippen LogP contribution >= 0.6 is 0 Å². The van der Waals surface area contributed by atoms with Gasteiger partial charge in [-0.1, -0.05) is 6.07 Å². The fourth-order valence-electron chi connectivity index (χ4n) is 2.89. The van der Waals surface area contributed by atoms with Gasteiger partial charge in [-0.15, -0.1) is 0 Å². The molecule has 2 aliphatic rings. The van der Waals surface area contributed by atoms with Crippen LogP contribution in [0.2, 0.25) is 0 Å². The van der Waals surface area contributed by atoms with Gasteiger partial charge in [0.15, 0.2) is 5.60 Å². The summed E-state index contributed by atoms with van der Waals surface area (Å²) in [5.41, 5.74) is 0.0288. The largest absolute Gasteiger partial charge is 0.491 e. The minimum Gasteiger partial charge on any atom is -0.491 e. The average Bonchev–Trinajstić information content (AvgIpc) is 2.81. The summed E-state index contributed by atoms with van der Waals surface area (Å²) < 4.78 is 15.8. The van der Waals surface area contributed by atoms with Gasteiger partial charge < -0.3 is 24.0 Å². The zero-order valence-corrected chi connectivity index (χ0v) is 13.3. The molecule has 1 aromatic rings. The Balaban J connectivity index is 1.59. The van der Waals surface area contributed by atoms with Crippen LogP contribution in [0.3, 0.4) is 0 Å². The first-order valence-electron chi connectivity index (χ1n) is 7.48. The molecule has 2 heterocycles. The molecule has 0 atom stereocenters. The van der Waals surface area contributed by atoms with Crippen LogP contribution in [-0.4, -0.2) is 74.4 Å². The predicted octanol–water partition coefficient (Wildman–Crippen LogP) is 0.988. The Morgan fingerprint density at radius 1 is 1.30 bits per heavy atom. The molecular formula is C16H20N2O5. The molecule has 0 aliphatic carbocycles. The minimum atomic E-state index is -0.534. The molecule has 7 nitrogen and oxygen atoms in total. The summed E-state index contributed by atoms with van der Waals surface area (Å²) in [7, 11) is 3.30. The second-order valence-electron chi connectivity index (χ2n) is 5.94. The van der Waals surface area contributed by atoms with E-state index in [1.54, 1.807) is 43.3 Å². The van der Waals surface area contributed by atoms with E-state index in [4.69, 9.17) is 14.2 Å². The summed E-state index contributed by atoms with van der Waals surface area (Å²) in [4.78, 5) is 27.2. The van der Waals surface area contributed by atoms with E-state index in [1.165, 1.54) is 4.90 Å². The number of hydrogen-bond donors (Lipinski definition) is 0. The van der Waals surface area contributed by atoms with E-state index in [9.17, 15) is 9.59 Å². The Bertz CT molecular complexity index is 612. The molecule has 2 amide bonds. The summed E-state index contributed by atoms with van der Waals surface area (Å²) >= 11 is 0. The molecule has 7 heteroatoms. The van der Waals surface area contributed by atoms with Crippen molar-refractivity contribution in [3.63, 3.8) is 0 Å². The molecule has 3 rings (SSSR count). The third kappa shape index (κ3) is 3.10. The van der Waals surface area contributed by atoms with Gasteiger partial charge in [-0.05, 0) is 18.2 Å². The van der Waals surface area contributed by atoms with Gasteiger partial charge in [0.2, 0.25) is 0 Å². The number of rotatable bonds is 5. The third-order valence-corrected chi connectivity index (χ3v) is 4.02. The molecular weight excluding hydrogens is 300 g/mol. The maximum Gasteiger partial charge on any atom is 0.410 e. The normalized spacial score (nSPS) is 18.8. The number of methoxy groups -OCH3 is 1. The first-order valence-corrected chi connectivity index (χ1v) is 7.48. The molecule has 0 saturated carbocycles. The van der Waals surface area contributed by atoms with Gasteiger partial charge in [0.1, 0.15) is 12.4 Å². The van der Waals surface area contributed by atoms with Gasteiger partial charge >= 0.3 is 6.09 Å². The Morgan fingerprint density at radius 3 is 2.74 bits per heavy atom. The van der Waals surface area contributed by atoms with Crippen LogP contribution in [0.15, 0.2) is 24.3 Å². The van der Waals surface area contributed by atoms with Crippen LogP contribution in [0.1, 0.15) is 10.4 Å². The first-order chi connectivity index (χ1) is 11.0. The molecule has 23 heavy (non-hydrogen) atoms. The second kappa shape index (κ2) is 6.08. The molecule has 2 aliphatic heterocycles. The highest BCUT2D eigenvalue weighted by molar-refractivity contribution is 5.95. The lowest BCUT2D eigenvalue weighted by Gasteiger charge is -2.45. The summed E-state index contributed by atoms with van der Waals surface area (Å²) in [5.74, 6) is 0.550. The lowest BCUT2D eigenvalue weighted by atomic mass is 9.93. The summed E-state index contributed by atoms with van der Waals surface area (Å²) in [6.07, 6.45) is -0.328. The number of carbonyl (C=O) groups excluding carboxylic acids is 2. The molecule has 124 valence electrons. The van der Waals surface area contributed by atoms with Crippen LogP contribution in [0.25, 0.3) is 0 Å². The Hall–Kier alpha value is -2.28. The first kappa shape index (κ1) is 15.6. The number of likely N-dealkylation sites (tertiary alicyclic amines) is 1. The third-order valence-electron chi connectivity index (χ3n) is 4.02. The number of benzene rings is 1. The molecule has 0 bridgehead atoms. The molecule has 0 N–H and O–H groups in total. The molecule has 1 spiro atoms. The van der Waals surface area contributed by atoms with Crippen molar-refractivity contribution < 1.29 is 23.8 Å². The van der Waals surface area contributed by atoms with Crippen LogP contribution in [0, 0.1) is 0 Å². The summed E-state index contributed by atoms with van der Waals surface area (Å²) in [6, 6.07) is 7.06. The number of amides is 2. The van der Waals surface area contributed by atoms with E-state index in [-0.39, 0.29) is 12.0 Å². The number of hydrogen-bond acceptors (Lipinski definition) is 5. The van der Waals surface area contributed by atoms with Crippen molar-refractivity contribution in [2.45, 2.75) is 5.60 Å². The smallest absolute Gasteiger partial charge is 0.410 e. The van der Waals surface area contributed by atoms with Crippen molar-refractivity contribution in [3.8, 4) is 5.75 Å². The Kier molecular flexibility index (Phi) is 4.12. The van der Waals surface area contributed by atoms with Crippen molar-refractivity contribution in [1.29, 1.82) is 0 Å². The average molecular weight is 320 g/mol. The Morgan fingerprint density at radius 2 is 2.09 bits per heavy atom. The van der Waals surface area contributed by atoms with Crippen molar-refractivity contribution in [3.05, 3.63) is 29.8 Å². The highest BCUT2D eigenvalue weighted by Gasteiger charge is 2.54. The van der Waals surface area contributed by atoms with Crippen molar-refractivity contribution in [1.82, 2.24) is 9.80 Å². The SMILES string of the molecule is COCCOc1cccc(C(=O)N2CC3(CN(C)C(=O)O3)C2)c1. The zero-order chi connectivity index (χ0) is 16.4. The topological polar surface area (TPSA) is 68.3 Å². The van der Waals surface area contributed by atoms with Gasteiger partial charge in [-0.25, -0.2) is 4.79 Å². The molecule has 1 aromatic carbocycles. The van der Waals surface area contributed by atoms with E-state index in [1.807, 2.05) is 0 Å². The molecule has 0 radical (unpaired) electrons. The monoisotopic (exact) mass is 320 g/mol. The fraction of sp³-hybridized carbons (Fsp3) is 0.500. The number of carbonyl (C=O) groups is 2. The predicted molar refractivity (Wildman–Crippen MR) is 81.6 cm³/mol. The number of likely N-dealkylation sites (N-methyl/N-ethyl adjacent to an activating group) is 1. The molecule has 0 aromatic heterocycles. The van der Waals surface area contributed by atoms with Crippen LogP contribution < -0.4 is 4.74 Å². The van der Waals surface area contributed by atoms with E-state index >= 15 is 0 Å². The van der Waals surface area contributed by atoms with E-state index in [2.05, 4.69) is 0 Å². The maximum atomic E-state index is 12.5. The lowest BCUT2D eigenvalue weighted by Crippen LogP contribution is -2.65. The van der Waals surface area contributed by atoms with Crippen molar-refractivity contribution in [2.24, 2.45) is 0 Å². The fourth-order valence-corrected chi connectivity index (χ4v) is 2.89. The summed E-state index contributed by atoms with van der Waals surface area (Å²) in [6.45, 7) is 2.30. The number of ether oxygens (including phenoxy) is 3. The molecule has 2 fully saturated rings. The zero-order valence-electron chi connectivity index (χ0n) is 13.3. The van der Waals surface area contributed by atoms with Gasteiger partial charge in [0, 0.05) is 19.7 Å². The molecule has 0 unspecified atom stereocenters. The van der Waals surface area contributed by atoms with Crippen LogP contribution in [0.5, 0.6) is 5.75 Å². The van der Waals surface area contributed by atoms with Gasteiger partial charge in [-0.2, -0.15) is 0 Å². The number of nitrogens with zero attached hydrogens (tertiary/aromatic N) is 2.